The molecule has 0 aliphatic carbocycles. The lowest BCUT2D eigenvalue weighted by molar-refractivity contribution is 0.256. The molecule has 0 saturated carbocycles. The van der Waals surface area contributed by atoms with Crippen LogP contribution in [0.4, 0.5) is 10.5 Å². The number of carbonyl (C=O) groups is 1. The molecule has 0 aliphatic rings. The summed E-state index contributed by atoms with van der Waals surface area (Å²) in [6, 6.07) is 5.61. The highest BCUT2D eigenvalue weighted by molar-refractivity contribution is 6.02. The number of urea groups is 1. The van der Waals surface area contributed by atoms with Gasteiger partial charge in [-0.1, -0.05) is 25.1 Å². The van der Waals surface area contributed by atoms with Crippen LogP contribution in [0.15, 0.2) is 23.2 Å². The van der Waals surface area contributed by atoms with Gasteiger partial charge in [0.15, 0.2) is 5.96 Å². The monoisotopic (exact) mass is 262 g/mol. The van der Waals surface area contributed by atoms with E-state index in [-0.39, 0.29) is 6.03 Å². The highest BCUT2D eigenvalue weighted by Crippen LogP contribution is 2.18. The minimum absolute atomic E-state index is 0.290. The molecule has 0 aliphatic heterocycles. The third-order valence-corrected chi connectivity index (χ3v) is 2.72. The number of rotatable bonds is 3. The maximum atomic E-state index is 11.9. The lowest BCUT2D eigenvalue weighted by atomic mass is 10.1. The number of para-hydroxylation sites is 1. The lowest BCUT2D eigenvalue weighted by Crippen LogP contribution is -2.43. The molecule has 0 spiro atoms. The molecule has 0 unspecified atom stereocenters. The Morgan fingerprint density at radius 1 is 1.26 bits per heavy atom. The van der Waals surface area contributed by atoms with E-state index in [0.717, 1.165) is 29.8 Å². The van der Waals surface area contributed by atoms with Gasteiger partial charge in [0.05, 0.1) is 0 Å². The minimum Gasteiger partial charge on any atom is -0.356 e. The zero-order valence-electron chi connectivity index (χ0n) is 12.0. The number of carbonyl (C=O) groups excluding carboxylic acids is 1. The summed E-state index contributed by atoms with van der Waals surface area (Å²) in [5, 5.41) is 8.59. The smallest absolute Gasteiger partial charge is 0.326 e. The molecule has 5 heteroatoms. The van der Waals surface area contributed by atoms with Crippen LogP contribution in [0.1, 0.15) is 24.5 Å². The van der Waals surface area contributed by atoms with Gasteiger partial charge >= 0.3 is 6.03 Å². The number of nitrogens with one attached hydrogen (secondary N) is 3. The van der Waals surface area contributed by atoms with E-state index in [1.54, 1.807) is 7.05 Å². The lowest BCUT2D eigenvalue weighted by Gasteiger charge is -2.14. The molecule has 1 aromatic carbocycles. The summed E-state index contributed by atoms with van der Waals surface area (Å²) >= 11 is 0. The molecule has 0 aromatic heterocycles. The van der Waals surface area contributed by atoms with E-state index in [4.69, 9.17) is 0 Å². The Morgan fingerprint density at radius 2 is 1.89 bits per heavy atom. The molecule has 5 nitrogen and oxygen atoms in total. The fourth-order valence-electron chi connectivity index (χ4n) is 1.69. The number of guanidine groups is 1. The maximum absolute atomic E-state index is 11.9. The number of amides is 2. The van der Waals surface area contributed by atoms with Crippen LogP contribution >= 0.6 is 0 Å². The van der Waals surface area contributed by atoms with Crippen molar-refractivity contribution in [3.8, 4) is 0 Å². The predicted molar refractivity (Wildman–Crippen MR) is 79.7 cm³/mol. The highest BCUT2D eigenvalue weighted by Gasteiger charge is 2.08. The van der Waals surface area contributed by atoms with Gasteiger partial charge in [0, 0.05) is 19.3 Å². The van der Waals surface area contributed by atoms with Crippen LogP contribution in [0.25, 0.3) is 0 Å². The first-order valence-electron chi connectivity index (χ1n) is 6.43. The average molecular weight is 262 g/mol. The Labute approximate surface area is 114 Å². The van der Waals surface area contributed by atoms with E-state index < -0.39 is 0 Å². The van der Waals surface area contributed by atoms with Crippen LogP contribution in [-0.4, -0.2) is 25.6 Å². The van der Waals surface area contributed by atoms with Crippen LogP contribution in [-0.2, 0) is 0 Å². The van der Waals surface area contributed by atoms with E-state index in [2.05, 4.69) is 27.9 Å². The molecule has 0 heterocycles. The molecule has 2 amide bonds. The average Bonchev–Trinajstić information content (AvgIpc) is 2.39. The van der Waals surface area contributed by atoms with Crippen molar-refractivity contribution >= 4 is 17.7 Å². The van der Waals surface area contributed by atoms with Crippen LogP contribution in [0.3, 0.4) is 0 Å². The molecule has 1 aromatic rings. The fourth-order valence-corrected chi connectivity index (χ4v) is 1.69. The van der Waals surface area contributed by atoms with E-state index in [1.807, 2.05) is 32.0 Å². The molecule has 0 fully saturated rings. The third-order valence-electron chi connectivity index (χ3n) is 2.72. The largest absolute Gasteiger partial charge is 0.356 e. The molecule has 104 valence electrons. The predicted octanol–water partition coefficient (Wildman–Crippen LogP) is 2.41. The number of nitrogens with zero attached hydrogens (tertiary/aromatic N) is 1. The molecule has 0 bridgehead atoms. The Bertz CT molecular complexity index is 448. The van der Waals surface area contributed by atoms with Crippen LogP contribution in [0.2, 0.25) is 0 Å². The zero-order valence-corrected chi connectivity index (χ0v) is 12.0. The molecular formula is C14H22N4O. The van der Waals surface area contributed by atoms with Crippen molar-refractivity contribution < 1.29 is 4.79 Å². The Balaban J connectivity index is 2.65. The summed E-state index contributed by atoms with van der Waals surface area (Å²) in [5.74, 6) is 0.477. The van der Waals surface area contributed by atoms with E-state index in [9.17, 15) is 4.79 Å². The Morgan fingerprint density at radius 3 is 2.42 bits per heavy atom. The molecule has 0 saturated heterocycles. The van der Waals surface area contributed by atoms with E-state index in [0.29, 0.717) is 5.96 Å². The van der Waals surface area contributed by atoms with Gasteiger partial charge in [-0.05, 0) is 31.4 Å². The fraction of sp³-hybridized carbons (Fsp3) is 0.429. The second-order valence-corrected chi connectivity index (χ2v) is 4.34. The summed E-state index contributed by atoms with van der Waals surface area (Å²) in [6.45, 7) is 6.76. The van der Waals surface area contributed by atoms with Crippen molar-refractivity contribution in [1.82, 2.24) is 10.6 Å². The van der Waals surface area contributed by atoms with Crippen molar-refractivity contribution in [2.24, 2.45) is 4.99 Å². The Hall–Kier alpha value is -2.04. The number of aryl methyl sites for hydroxylation is 2. The maximum Gasteiger partial charge on any atom is 0.326 e. The summed E-state index contributed by atoms with van der Waals surface area (Å²) in [6.07, 6.45) is 0.971. The van der Waals surface area contributed by atoms with Gasteiger partial charge < -0.3 is 10.6 Å². The third kappa shape index (κ3) is 4.62. The molecule has 1 rings (SSSR count). The second kappa shape index (κ2) is 7.41. The van der Waals surface area contributed by atoms with Gasteiger partial charge in [0.25, 0.3) is 0 Å². The van der Waals surface area contributed by atoms with E-state index >= 15 is 0 Å². The van der Waals surface area contributed by atoms with Crippen LogP contribution in [0, 0.1) is 13.8 Å². The first kappa shape index (κ1) is 15.0. The van der Waals surface area contributed by atoms with Gasteiger partial charge in [-0.2, -0.15) is 0 Å². The molecule has 0 atom stereocenters. The second-order valence-electron chi connectivity index (χ2n) is 4.34. The van der Waals surface area contributed by atoms with Gasteiger partial charge in [0.1, 0.15) is 0 Å². The topological polar surface area (TPSA) is 65.5 Å². The summed E-state index contributed by atoms with van der Waals surface area (Å²) in [7, 11) is 1.64. The van der Waals surface area contributed by atoms with Gasteiger partial charge in [0.2, 0.25) is 0 Å². The number of hydrogen-bond acceptors (Lipinski definition) is 2. The standard InChI is InChI=1S/C14H22N4O/c1-5-9-16-13(15-4)18-14(19)17-12-10(2)7-6-8-11(12)3/h6-8H,5,9H2,1-4H3,(H3,15,16,17,18,19). The number of anilines is 1. The van der Waals surface area contributed by atoms with E-state index in [1.165, 1.54) is 0 Å². The number of benzene rings is 1. The number of aliphatic imine (C=N–C) groups is 1. The SMILES string of the molecule is CCCNC(=NC)NC(=O)Nc1c(C)cccc1C. The molecular weight excluding hydrogens is 240 g/mol. The summed E-state index contributed by atoms with van der Waals surface area (Å²) in [4.78, 5) is 15.9. The quantitative estimate of drug-likeness (QED) is 0.578. The van der Waals surface area contributed by atoms with Crippen LogP contribution in [0.5, 0.6) is 0 Å². The molecule has 19 heavy (non-hydrogen) atoms. The summed E-state index contributed by atoms with van der Waals surface area (Å²) < 4.78 is 0. The highest BCUT2D eigenvalue weighted by atomic mass is 16.2. The first-order chi connectivity index (χ1) is 9.08. The molecule has 3 N–H and O–H groups in total. The van der Waals surface area contributed by atoms with Crippen molar-refractivity contribution in [1.29, 1.82) is 0 Å². The Kier molecular flexibility index (Phi) is 5.85. The first-order valence-corrected chi connectivity index (χ1v) is 6.43. The van der Waals surface area contributed by atoms with Crippen molar-refractivity contribution in [3.05, 3.63) is 29.3 Å². The van der Waals surface area contributed by atoms with Gasteiger partial charge in [-0.3, -0.25) is 10.3 Å². The van der Waals surface area contributed by atoms with Crippen molar-refractivity contribution in [2.45, 2.75) is 27.2 Å². The molecule has 0 radical (unpaired) electrons. The summed E-state index contributed by atoms with van der Waals surface area (Å²) in [5.41, 5.74) is 2.91. The zero-order chi connectivity index (χ0) is 14.3. The van der Waals surface area contributed by atoms with Crippen LogP contribution < -0.4 is 16.0 Å². The van der Waals surface area contributed by atoms with Crippen molar-refractivity contribution in [3.63, 3.8) is 0 Å². The normalized spacial score (nSPS) is 11.1. The number of hydrogen-bond donors (Lipinski definition) is 3. The van der Waals surface area contributed by atoms with Gasteiger partial charge in [-0.15, -0.1) is 0 Å². The minimum atomic E-state index is -0.290. The van der Waals surface area contributed by atoms with Gasteiger partial charge in [-0.25, -0.2) is 4.79 Å². The van der Waals surface area contributed by atoms with Crippen molar-refractivity contribution in [2.75, 3.05) is 18.9 Å².